The zero-order valence-corrected chi connectivity index (χ0v) is 14.5. The Labute approximate surface area is 140 Å². The average molecular weight is 362 g/mol. The highest BCUT2D eigenvalue weighted by Crippen LogP contribution is 2.21. The van der Waals surface area contributed by atoms with Gasteiger partial charge in [0.2, 0.25) is 5.91 Å². The van der Waals surface area contributed by atoms with E-state index in [0.717, 1.165) is 5.56 Å². The van der Waals surface area contributed by atoms with Crippen LogP contribution in [0.25, 0.3) is 6.08 Å². The van der Waals surface area contributed by atoms with Crippen molar-refractivity contribution in [1.29, 1.82) is 0 Å². The largest absolute Gasteiger partial charge is 0.335 e. The van der Waals surface area contributed by atoms with Crippen molar-refractivity contribution in [2.24, 2.45) is 0 Å². The summed E-state index contributed by atoms with van der Waals surface area (Å²) < 4.78 is 23.1. The summed E-state index contributed by atoms with van der Waals surface area (Å²) in [4.78, 5) is 13.9. The second kappa shape index (κ2) is 7.02. The standard InChI is InChI=1S/C15H17Cl2NO3S/c1-2-18(14-5-6-22(20,21)10-14)15(19)4-3-11-7-12(16)9-13(17)8-11/h3-4,7-9,14H,2,5-6,10H2,1H3/b4-3+. The van der Waals surface area contributed by atoms with Crippen LogP contribution in [0.15, 0.2) is 24.3 Å². The lowest BCUT2D eigenvalue weighted by molar-refractivity contribution is -0.127. The van der Waals surface area contributed by atoms with Crippen molar-refractivity contribution in [3.63, 3.8) is 0 Å². The maximum Gasteiger partial charge on any atom is 0.246 e. The molecule has 1 aromatic rings. The smallest absolute Gasteiger partial charge is 0.246 e. The van der Waals surface area contributed by atoms with Crippen LogP contribution in [0.5, 0.6) is 0 Å². The zero-order chi connectivity index (χ0) is 16.3. The lowest BCUT2D eigenvalue weighted by Gasteiger charge is -2.25. The first-order valence-corrected chi connectivity index (χ1v) is 9.53. The molecule has 1 aromatic carbocycles. The molecule has 1 aliphatic rings. The fourth-order valence-electron chi connectivity index (χ4n) is 2.55. The lowest BCUT2D eigenvalue weighted by atomic mass is 10.2. The number of nitrogens with zero attached hydrogens (tertiary/aromatic N) is 1. The minimum atomic E-state index is -3.02. The van der Waals surface area contributed by atoms with Crippen LogP contribution in [0.4, 0.5) is 0 Å². The Balaban J connectivity index is 2.10. The van der Waals surface area contributed by atoms with Gasteiger partial charge in [-0.15, -0.1) is 0 Å². The summed E-state index contributed by atoms with van der Waals surface area (Å²) in [5.41, 5.74) is 0.723. The van der Waals surface area contributed by atoms with Gasteiger partial charge in [0.25, 0.3) is 0 Å². The molecule has 2 rings (SSSR count). The van der Waals surface area contributed by atoms with Gasteiger partial charge in [-0.2, -0.15) is 0 Å². The first-order chi connectivity index (χ1) is 10.3. The fraction of sp³-hybridized carbons (Fsp3) is 0.400. The number of hydrogen-bond donors (Lipinski definition) is 0. The molecule has 1 saturated heterocycles. The summed E-state index contributed by atoms with van der Waals surface area (Å²) in [5.74, 6) is -0.0148. The molecule has 1 heterocycles. The van der Waals surface area contributed by atoms with E-state index in [2.05, 4.69) is 0 Å². The highest BCUT2D eigenvalue weighted by molar-refractivity contribution is 7.91. The number of benzene rings is 1. The molecule has 0 N–H and O–H groups in total. The Morgan fingerprint density at radius 3 is 2.45 bits per heavy atom. The monoisotopic (exact) mass is 361 g/mol. The number of sulfone groups is 1. The second-order valence-corrected chi connectivity index (χ2v) is 8.32. The molecule has 1 fully saturated rings. The van der Waals surface area contributed by atoms with E-state index in [9.17, 15) is 13.2 Å². The van der Waals surface area contributed by atoms with Gasteiger partial charge in [-0.25, -0.2) is 8.42 Å². The molecule has 0 aliphatic carbocycles. The number of rotatable bonds is 4. The molecule has 4 nitrogen and oxygen atoms in total. The van der Waals surface area contributed by atoms with Crippen LogP contribution in [0, 0.1) is 0 Å². The van der Waals surface area contributed by atoms with Crippen molar-refractivity contribution in [3.8, 4) is 0 Å². The molecule has 0 aromatic heterocycles. The quantitative estimate of drug-likeness (QED) is 0.774. The molecule has 22 heavy (non-hydrogen) atoms. The zero-order valence-electron chi connectivity index (χ0n) is 12.1. The Kier molecular flexibility index (Phi) is 5.53. The number of amides is 1. The van der Waals surface area contributed by atoms with Gasteiger partial charge in [-0.05, 0) is 43.2 Å². The van der Waals surface area contributed by atoms with Gasteiger partial charge >= 0.3 is 0 Å². The molecular formula is C15H17Cl2NO3S. The topological polar surface area (TPSA) is 54.5 Å². The van der Waals surface area contributed by atoms with Crippen LogP contribution in [-0.4, -0.2) is 43.3 Å². The van der Waals surface area contributed by atoms with Crippen LogP contribution in [-0.2, 0) is 14.6 Å². The maximum absolute atomic E-state index is 12.3. The third-order valence-corrected chi connectivity index (χ3v) is 5.76. The Bertz CT molecular complexity index is 680. The van der Waals surface area contributed by atoms with Gasteiger partial charge < -0.3 is 4.90 Å². The van der Waals surface area contributed by atoms with E-state index in [1.807, 2.05) is 6.92 Å². The van der Waals surface area contributed by atoms with Crippen molar-refractivity contribution >= 4 is 45.0 Å². The first-order valence-electron chi connectivity index (χ1n) is 6.96. The van der Waals surface area contributed by atoms with Crippen molar-refractivity contribution in [3.05, 3.63) is 39.9 Å². The van der Waals surface area contributed by atoms with Crippen molar-refractivity contribution in [2.45, 2.75) is 19.4 Å². The fourth-order valence-corrected chi connectivity index (χ4v) is 4.82. The van der Waals surface area contributed by atoms with E-state index in [0.29, 0.717) is 23.0 Å². The summed E-state index contributed by atoms with van der Waals surface area (Å²) in [5, 5.41) is 0.989. The molecule has 7 heteroatoms. The molecule has 1 unspecified atom stereocenters. The molecule has 1 amide bonds. The number of halogens is 2. The number of carbonyl (C=O) groups excluding carboxylic acids is 1. The summed E-state index contributed by atoms with van der Waals surface area (Å²) in [6.07, 6.45) is 3.56. The summed E-state index contributed by atoms with van der Waals surface area (Å²) in [6, 6.07) is 4.78. The van der Waals surface area contributed by atoms with Crippen LogP contribution in [0.3, 0.4) is 0 Å². The summed E-state index contributed by atoms with van der Waals surface area (Å²) >= 11 is 11.8. The van der Waals surface area contributed by atoms with Gasteiger partial charge in [-0.3, -0.25) is 4.79 Å². The molecule has 120 valence electrons. The van der Waals surface area contributed by atoms with Gasteiger partial charge in [0.1, 0.15) is 0 Å². The van der Waals surface area contributed by atoms with Crippen molar-refractivity contribution < 1.29 is 13.2 Å². The number of likely N-dealkylation sites (N-methyl/N-ethyl adjacent to an activating group) is 1. The molecule has 0 radical (unpaired) electrons. The molecule has 0 saturated carbocycles. The summed E-state index contributed by atoms with van der Waals surface area (Å²) in [7, 11) is -3.02. The second-order valence-electron chi connectivity index (χ2n) is 5.22. The third-order valence-electron chi connectivity index (χ3n) is 3.58. The van der Waals surface area contributed by atoms with E-state index in [1.165, 1.54) is 6.08 Å². The Hall–Kier alpha value is -1.04. The minimum Gasteiger partial charge on any atom is -0.335 e. The van der Waals surface area contributed by atoms with Crippen LogP contribution in [0.1, 0.15) is 18.9 Å². The molecule has 0 spiro atoms. The molecular weight excluding hydrogens is 345 g/mol. The van der Waals surface area contributed by atoms with Gasteiger partial charge in [0.15, 0.2) is 9.84 Å². The third kappa shape index (κ3) is 4.48. The van der Waals surface area contributed by atoms with E-state index in [1.54, 1.807) is 29.2 Å². The highest BCUT2D eigenvalue weighted by atomic mass is 35.5. The van der Waals surface area contributed by atoms with Crippen molar-refractivity contribution in [1.82, 2.24) is 4.90 Å². The normalized spacial score (nSPS) is 20.4. The van der Waals surface area contributed by atoms with Crippen LogP contribution < -0.4 is 0 Å². The maximum atomic E-state index is 12.3. The Morgan fingerprint density at radius 2 is 1.95 bits per heavy atom. The highest BCUT2D eigenvalue weighted by Gasteiger charge is 2.33. The van der Waals surface area contributed by atoms with Crippen LogP contribution in [0.2, 0.25) is 10.0 Å². The number of carbonyl (C=O) groups is 1. The Morgan fingerprint density at radius 1 is 1.32 bits per heavy atom. The SMILES string of the molecule is CCN(C(=O)/C=C/c1cc(Cl)cc(Cl)c1)C1CCS(=O)(=O)C1. The van der Waals surface area contributed by atoms with Crippen molar-refractivity contribution in [2.75, 3.05) is 18.1 Å². The van der Waals surface area contributed by atoms with Gasteiger partial charge in [0.05, 0.1) is 11.5 Å². The van der Waals surface area contributed by atoms with Gasteiger partial charge in [0, 0.05) is 28.7 Å². The predicted octanol–water partition coefficient (Wildman–Crippen LogP) is 3.04. The van der Waals surface area contributed by atoms with Crippen LogP contribution >= 0.6 is 23.2 Å². The van der Waals surface area contributed by atoms with E-state index in [-0.39, 0.29) is 23.5 Å². The first kappa shape index (κ1) is 17.3. The molecule has 1 atom stereocenters. The average Bonchev–Trinajstić information content (AvgIpc) is 2.76. The lowest BCUT2D eigenvalue weighted by Crippen LogP contribution is -2.40. The van der Waals surface area contributed by atoms with Gasteiger partial charge in [-0.1, -0.05) is 23.2 Å². The minimum absolute atomic E-state index is 0.0451. The predicted molar refractivity (Wildman–Crippen MR) is 89.9 cm³/mol. The molecule has 1 aliphatic heterocycles. The van der Waals surface area contributed by atoms with E-state index in [4.69, 9.17) is 23.2 Å². The summed E-state index contributed by atoms with van der Waals surface area (Å²) in [6.45, 7) is 2.31. The number of hydrogen-bond acceptors (Lipinski definition) is 3. The van der Waals surface area contributed by atoms with E-state index >= 15 is 0 Å². The molecule has 0 bridgehead atoms. The van der Waals surface area contributed by atoms with E-state index < -0.39 is 9.84 Å².